The van der Waals surface area contributed by atoms with Gasteiger partial charge >= 0.3 is 0 Å². The molecule has 1 aromatic heterocycles. The maximum absolute atomic E-state index is 13.4. The largest absolute Gasteiger partial charge is 0.391 e. The van der Waals surface area contributed by atoms with E-state index in [1.165, 1.54) is 11.8 Å². The first kappa shape index (κ1) is 27.0. The van der Waals surface area contributed by atoms with E-state index in [9.17, 15) is 19.5 Å². The van der Waals surface area contributed by atoms with Crippen molar-refractivity contribution >= 4 is 28.9 Å². The third kappa shape index (κ3) is 6.34. The zero-order valence-corrected chi connectivity index (χ0v) is 22.1. The second-order valence-electron chi connectivity index (χ2n) is 10.3. The molecule has 0 saturated carbocycles. The van der Waals surface area contributed by atoms with Crippen molar-refractivity contribution in [2.45, 2.75) is 71.7 Å². The highest BCUT2D eigenvalue weighted by Crippen LogP contribution is 2.30. The van der Waals surface area contributed by atoms with Gasteiger partial charge in [0, 0.05) is 19.4 Å². The Morgan fingerprint density at radius 3 is 2.40 bits per heavy atom. The molecule has 3 N–H and O–H groups in total. The molecule has 2 amide bonds. The Balaban J connectivity index is 1.81. The number of amides is 2. The number of aliphatic hydroxyl groups excluding tert-OH is 1. The van der Waals surface area contributed by atoms with Crippen molar-refractivity contribution in [3.63, 3.8) is 0 Å². The number of ketones is 1. The molecule has 0 spiro atoms. The van der Waals surface area contributed by atoms with Crippen LogP contribution >= 0.6 is 11.3 Å². The molecule has 0 aliphatic carbocycles. The van der Waals surface area contributed by atoms with Gasteiger partial charge in [-0.15, -0.1) is 11.3 Å². The first-order chi connectivity index (χ1) is 16.4. The molecule has 1 aromatic carbocycles. The van der Waals surface area contributed by atoms with Gasteiger partial charge in [0.15, 0.2) is 0 Å². The number of aromatic nitrogens is 1. The van der Waals surface area contributed by atoms with Crippen molar-refractivity contribution in [1.29, 1.82) is 0 Å². The van der Waals surface area contributed by atoms with Crippen LogP contribution in [0.15, 0.2) is 29.8 Å². The first-order valence-corrected chi connectivity index (χ1v) is 12.8. The fourth-order valence-corrected chi connectivity index (χ4v) is 5.46. The number of aryl methyl sites for hydroxylation is 1. The minimum Gasteiger partial charge on any atom is -0.391 e. The van der Waals surface area contributed by atoms with Crippen molar-refractivity contribution in [2.75, 3.05) is 13.6 Å². The summed E-state index contributed by atoms with van der Waals surface area (Å²) in [6.07, 6.45) is -0.482. The summed E-state index contributed by atoms with van der Waals surface area (Å²) in [7, 11) is 1.72. The molecule has 1 aliphatic heterocycles. The van der Waals surface area contributed by atoms with Crippen LogP contribution in [0.1, 0.15) is 57.8 Å². The Labute approximate surface area is 211 Å². The zero-order chi connectivity index (χ0) is 25.9. The van der Waals surface area contributed by atoms with E-state index < -0.39 is 24.2 Å². The molecule has 8 nitrogen and oxygen atoms in total. The lowest BCUT2D eigenvalue weighted by atomic mass is 9.86. The summed E-state index contributed by atoms with van der Waals surface area (Å²) >= 11 is 1.56. The molecule has 1 aliphatic rings. The Morgan fingerprint density at radius 2 is 1.89 bits per heavy atom. The number of likely N-dealkylation sites (tertiary alicyclic amines) is 1. The second-order valence-corrected chi connectivity index (χ2v) is 11.2. The standard InChI is InChI=1S/C26H36N4O4S/c1-15(31)11-20(17-7-9-18(10-8-17)22-16(2)28-14-35-22)29-24(33)21-12-19(32)13-30(21)25(34)23(27-6)26(3,4)5/h7-10,14,19-21,23,27,32H,11-13H2,1-6H3,(H,29,33)/t19-,20+,21+,23-/m1/s1. The van der Waals surface area contributed by atoms with E-state index in [1.54, 1.807) is 23.9 Å². The van der Waals surface area contributed by atoms with Crippen LogP contribution in [0.5, 0.6) is 0 Å². The van der Waals surface area contributed by atoms with Gasteiger partial charge in [0.2, 0.25) is 11.8 Å². The third-order valence-electron chi connectivity index (χ3n) is 6.40. The number of carbonyl (C=O) groups excluding carboxylic acids is 3. The molecule has 1 saturated heterocycles. The Morgan fingerprint density at radius 1 is 1.23 bits per heavy atom. The molecule has 1 fully saturated rings. The maximum atomic E-state index is 13.4. The summed E-state index contributed by atoms with van der Waals surface area (Å²) in [5, 5.41) is 16.3. The van der Waals surface area contributed by atoms with Gasteiger partial charge < -0.3 is 20.6 Å². The van der Waals surface area contributed by atoms with E-state index in [0.717, 1.165) is 21.7 Å². The van der Waals surface area contributed by atoms with E-state index >= 15 is 0 Å². The van der Waals surface area contributed by atoms with Gasteiger partial charge in [0.25, 0.3) is 0 Å². The van der Waals surface area contributed by atoms with E-state index in [4.69, 9.17) is 0 Å². The Hall–Kier alpha value is -2.62. The number of benzene rings is 1. The number of likely N-dealkylation sites (N-methyl/N-ethyl adjacent to an activating group) is 1. The first-order valence-electron chi connectivity index (χ1n) is 11.9. The number of β-amino-alcohol motifs (C(OH)–C–C–N with tert-alkyl or cyclic N) is 1. The maximum Gasteiger partial charge on any atom is 0.243 e. The SMILES string of the molecule is CN[C@H](C(=O)N1C[C@H](O)C[C@H]1C(=O)N[C@@H](CC(C)=O)c1ccc(-c2scnc2C)cc1)C(C)(C)C. The quantitative estimate of drug-likeness (QED) is 0.514. The van der Waals surface area contributed by atoms with Gasteiger partial charge in [0.05, 0.1) is 34.3 Å². The van der Waals surface area contributed by atoms with Gasteiger partial charge in [-0.3, -0.25) is 14.4 Å². The number of Topliss-reactive ketones (excluding diaryl/α,β-unsaturated/α-hetero) is 1. The highest BCUT2D eigenvalue weighted by molar-refractivity contribution is 7.13. The van der Waals surface area contributed by atoms with E-state index in [2.05, 4.69) is 15.6 Å². The lowest BCUT2D eigenvalue weighted by Crippen LogP contribution is -2.56. The number of hydrogen-bond donors (Lipinski definition) is 3. The van der Waals surface area contributed by atoms with E-state index in [-0.39, 0.29) is 42.4 Å². The summed E-state index contributed by atoms with van der Waals surface area (Å²) in [5.74, 6) is -0.642. The average Bonchev–Trinajstić information content (AvgIpc) is 3.38. The van der Waals surface area contributed by atoms with Gasteiger partial charge in [-0.1, -0.05) is 45.0 Å². The monoisotopic (exact) mass is 500 g/mol. The summed E-state index contributed by atoms with van der Waals surface area (Å²) in [4.78, 5) is 45.5. The van der Waals surface area contributed by atoms with Crippen LogP contribution in [0.3, 0.4) is 0 Å². The van der Waals surface area contributed by atoms with Gasteiger partial charge in [-0.2, -0.15) is 0 Å². The number of carbonyl (C=O) groups is 3. The van der Waals surface area contributed by atoms with E-state index in [0.29, 0.717) is 0 Å². The summed E-state index contributed by atoms with van der Waals surface area (Å²) in [6, 6.07) is 5.91. The highest BCUT2D eigenvalue weighted by atomic mass is 32.1. The van der Waals surface area contributed by atoms with Crippen LogP contribution in [0.4, 0.5) is 0 Å². The normalized spacial score (nSPS) is 19.9. The lowest BCUT2D eigenvalue weighted by Gasteiger charge is -2.35. The van der Waals surface area contributed by atoms with Crippen LogP contribution in [0, 0.1) is 12.3 Å². The van der Waals surface area contributed by atoms with Crippen molar-refractivity contribution in [3.05, 3.63) is 41.0 Å². The van der Waals surface area contributed by atoms with E-state index in [1.807, 2.05) is 52.0 Å². The topological polar surface area (TPSA) is 112 Å². The van der Waals surface area contributed by atoms with Gasteiger partial charge in [-0.05, 0) is 37.4 Å². The number of hydrogen-bond acceptors (Lipinski definition) is 7. The molecule has 3 rings (SSSR count). The number of aliphatic hydroxyl groups is 1. The molecule has 0 unspecified atom stereocenters. The average molecular weight is 501 g/mol. The van der Waals surface area contributed by atoms with Crippen LogP contribution in [-0.4, -0.2) is 64.4 Å². The Bertz CT molecular complexity index is 1060. The predicted octanol–water partition coefficient (Wildman–Crippen LogP) is 2.85. The summed E-state index contributed by atoms with van der Waals surface area (Å²) in [5.41, 5.74) is 4.22. The minimum absolute atomic E-state index is 0.0555. The van der Waals surface area contributed by atoms with Crippen molar-refractivity contribution in [2.24, 2.45) is 5.41 Å². The van der Waals surface area contributed by atoms with Crippen LogP contribution in [0.2, 0.25) is 0 Å². The molecule has 0 bridgehead atoms. The second kappa shape index (κ2) is 11.0. The molecule has 4 atom stereocenters. The molecule has 190 valence electrons. The third-order valence-corrected chi connectivity index (χ3v) is 7.37. The fraction of sp³-hybridized carbons (Fsp3) is 0.538. The van der Waals surface area contributed by atoms with Gasteiger partial charge in [0.1, 0.15) is 11.8 Å². The Kier molecular flexibility index (Phi) is 8.46. The zero-order valence-electron chi connectivity index (χ0n) is 21.3. The summed E-state index contributed by atoms with van der Waals surface area (Å²) in [6.45, 7) is 9.41. The summed E-state index contributed by atoms with van der Waals surface area (Å²) < 4.78 is 0. The number of nitrogens with zero attached hydrogens (tertiary/aromatic N) is 2. The molecule has 2 aromatic rings. The highest BCUT2D eigenvalue weighted by Gasteiger charge is 2.43. The number of rotatable bonds is 8. The molecule has 35 heavy (non-hydrogen) atoms. The molecule has 2 heterocycles. The van der Waals surface area contributed by atoms with Crippen LogP contribution in [-0.2, 0) is 14.4 Å². The molecular weight excluding hydrogens is 464 g/mol. The predicted molar refractivity (Wildman–Crippen MR) is 137 cm³/mol. The minimum atomic E-state index is -0.802. The fourth-order valence-electron chi connectivity index (χ4n) is 4.65. The molecule has 9 heteroatoms. The molecular formula is C26H36N4O4S. The van der Waals surface area contributed by atoms with Gasteiger partial charge in [-0.25, -0.2) is 4.98 Å². The number of thiazole rings is 1. The van der Waals surface area contributed by atoms with Crippen LogP contribution < -0.4 is 10.6 Å². The van der Waals surface area contributed by atoms with Crippen molar-refractivity contribution < 1.29 is 19.5 Å². The number of nitrogens with one attached hydrogen (secondary N) is 2. The molecule has 0 radical (unpaired) electrons. The lowest BCUT2D eigenvalue weighted by molar-refractivity contribution is -0.142. The smallest absolute Gasteiger partial charge is 0.243 e. The van der Waals surface area contributed by atoms with Crippen molar-refractivity contribution in [1.82, 2.24) is 20.5 Å². The van der Waals surface area contributed by atoms with Crippen molar-refractivity contribution in [3.8, 4) is 10.4 Å². The van der Waals surface area contributed by atoms with Crippen LogP contribution in [0.25, 0.3) is 10.4 Å².